The number of aromatic nitrogens is 1. The Kier molecular flexibility index (Phi) is 3.12. The van der Waals surface area contributed by atoms with Gasteiger partial charge in [0.05, 0.1) is 0 Å². The maximum absolute atomic E-state index is 4.66. The van der Waals surface area contributed by atoms with Crippen molar-refractivity contribution in [2.75, 3.05) is 37.4 Å². The third kappa shape index (κ3) is 2.05. The van der Waals surface area contributed by atoms with Gasteiger partial charge in [-0.1, -0.05) is 6.07 Å². The lowest BCUT2D eigenvalue weighted by Crippen LogP contribution is -2.37. The summed E-state index contributed by atoms with van der Waals surface area (Å²) in [6, 6.07) is 7.71. The van der Waals surface area contributed by atoms with E-state index in [-0.39, 0.29) is 0 Å². The average Bonchev–Trinajstić information content (AvgIpc) is 2.63. The Morgan fingerprint density at radius 3 is 2.89 bits per heavy atom. The molecule has 1 aromatic heterocycles. The maximum Gasteiger partial charge on any atom is 0.131 e. The SMILES string of the molecule is CNc1cccc(N2CCC3CCC(C2)N3C)n1. The van der Waals surface area contributed by atoms with Crippen molar-refractivity contribution < 1.29 is 0 Å². The fraction of sp³-hybridized carbons (Fsp3) is 0.643. The second-order valence-electron chi connectivity index (χ2n) is 5.42. The van der Waals surface area contributed by atoms with E-state index in [1.165, 1.54) is 19.3 Å². The molecule has 2 aliphatic heterocycles. The van der Waals surface area contributed by atoms with Crippen LogP contribution in [0.15, 0.2) is 18.2 Å². The first kappa shape index (κ1) is 11.8. The molecule has 4 nitrogen and oxygen atoms in total. The van der Waals surface area contributed by atoms with Gasteiger partial charge in [-0.3, -0.25) is 4.90 Å². The van der Waals surface area contributed by atoms with Crippen LogP contribution in [0.2, 0.25) is 0 Å². The third-order valence-electron chi connectivity index (χ3n) is 4.46. The predicted octanol–water partition coefficient (Wildman–Crippen LogP) is 1.80. The lowest BCUT2D eigenvalue weighted by Gasteiger charge is -2.26. The molecule has 0 amide bonds. The third-order valence-corrected chi connectivity index (χ3v) is 4.46. The van der Waals surface area contributed by atoms with Gasteiger partial charge < -0.3 is 10.2 Å². The predicted molar refractivity (Wildman–Crippen MR) is 75.2 cm³/mol. The number of fused-ring (bicyclic) bond motifs is 2. The smallest absolute Gasteiger partial charge is 0.131 e. The molecule has 2 bridgehead atoms. The number of hydrogen-bond donors (Lipinski definition) is 1. The van der Waals surface area contributed by atoms with Crippen LogP contribution in [-0.2, 0) is 0 Å². The number of pyridine rings is 1. The summed E-state index contributed by atoms with van der Waals surface area (Å²) in [5, 5.41) is 3.12. The van der Waals surface area contributed by atoms with Crippen molar-refractivity contribution >= 4 is 11.6 Å². The fourth-order valence-corrected chi connectivity index (χ4v) is 3.26. The van der Waals surface area contributed by atoms with E-state index in [1.807, 2.05) is 13.1 Å². The van der Waals surface area contributed by atoms with Gasteiger partial charge >= 0.3 is 0 Å². The molecule has 1 N–H and O–H groups in total. The molecular formula is C14H22N4. The quantitative estimate of drug-likeness (QED) is 0.862. The largest absolute Gasteiger partial charge is 0.373 e. The Morgan fingerprint density at radius 2 is 2.06 bits per heavy atom. The van der Waals surface area contributed by atoms with E-state index < -0.39 is 0 Å². The second-order valence-corrected chi connectivity index (χ2v) is 5.42. The normalized spacial score (nSPS) is 28.2. The molecule has 2 unspecified atom stereocenters. The zero-order valence-corrected chi connectivity index (χ0v) is 11.3. The standard InChI is InChI=1S/C14H22N4/c1-15-13-4-3-5-14(16-13)18-9-8-11-6-7-12(10-18)17(11)2/h3-5,11-12H,6-10H2,1-2H3,(H,15,16). The summed E-state index contributed by atoms with van der Waals surface area (Å²) >= 11 is 0. The first-order valence-corrected chi connectivity index (χ1v) is 6.89. The van der Waals surface area contributed by atoms with E-state index in [0.717, 1.165) is 30.8 Å². The van der Waals surface area contributed by atoms with Crippen molar-refractivity contribution in [1.29, 1.82) is 0 Å². The highest BCUT2D eigenvalue weighted by Crippen LogP contribution is 2.30. The highest BCUT2D eigenvalue weighted by molar-refractivity contribution is 5.47. The molecule has 2 atom stereocenters. The molecule has 18 heavy (non-hydrogen) atoms. The van der Waals surface area contributed by atoms with Gasteiger partial charge in [-0.15, -0.1) is 0 Å². The zero-order chi connectivity index (χ0) is 12.5. The van der Waals surface area contributed by atoms with Crippen molar-refractivity contribution in [2.45, 2.75) is 31.3 Å². The number of hydrogen-bond acceptors (Lipinski definition) is 4. The zero-order valence-electron chi connectivity index (χ0n) is 11.3. The topological polar surface area (TPSA) is 31.4 Å². The van der Waals surface area contributed by atoms with Crippen LogP contribution in [0.1, 0.15) is 19.3 Å². The molecule has 3 rings (SSSR count). The number of anilines is 2. The first-order valence-electron chi connectivity index (χ1n) is 6.89. The Hall–Kier alpha value is -1.29. The average molecular weight is 246 g/mol. The Morgan fingerprint density at radius 1 is 1.22 bits per heavy atom. The summed E-state index contributed by atoms with van der Waals surface area (Å²) in [4.78, 5) is 9.68. The van der Waals surface area contributed by atoms with E-state index >= 15 is 0 Å². The van der Waals surface area contributed by atoms with Crippen LogP contribution in [0.3, 0.4) is 0 Å². The van der Waals surface area contributed by atoms with Gasteiger partial charge in [0, 0.05) is 32.2 Å². The van der Waals surface area contributed by atoms with Gasteiger partial charge in [-0.25, -0.2) is 4.98 Å². The van der Waals surface area contributed by atoms with Gasteiger partial charge in [0.2, 0.25) is 0 Å². The van der Waals surface area contributed by atoms with Crippen LogP contribution in [-0.4, -0.2) is 49.2 Å². The Bertz CT molecular complexity index is 420. The fourth-order valence-electron chi connectivity index (χ4n) is 3.26. The number of likely N-dealkylation sites (N-methyl/N-ethyl adjacent to an activating group) is 1. The van der Waals surface area contributed by atoms with Crippen molar-refractivity contribution in [3.05, 3.63) is 18.2 Å². The summed E-state index contributed by atoms with van der Waals surface area (Å²) < 4.78 is 0. The van der Waals surface area contributed by atoms with Gasteiger partial charge in [0.15, 0.2) is 0 Å². The van der Waals surface area contributed by atoms with E-state index in [9.17, 15) is 0 Å². The summed E-state index contributed by atoms with van der Waals surface area (Å²) in [6.07, 6.45) is 3.97. The molecule has 0 aliphatic carbocycles. The Labute approximate surface area is 109 Å². The van der Waals surface area contributed by atoms with Gasteiger partial charge in [-0.2, -0.15) is 0 Å². The molecular weight excluding hydrogens is 224 g/mol. The van der Waals surface area contributed by atoms with E-state index in [1.54, 1.807) is 0 Å². The lowest BCUT2D eigenvalue weighted by atomic mass is 10.1. The van der Waals surface area contributed by atoms with Crippen molar-refractivity contribution in [2.24, 2.45) is 0 Å². The minimum atomic E-state index is 0.706. The Balaban J connectivity index is 1.80. The molecule has 98 valence electrons. The molecule has 4 heteroatoms. The molecule has 2 saturated heterocycles. The molecule has 3 heterocycles. The highest BCUT2D eigenvalue weighted by Gasteiger charge is 2.34. The second kappa shape index (κ2) is 4.76. The summed E-state index contributed by atoms with van der Waals surface area (Å²) in [6.45, 7) is 2.25. The number of nitrogens with zero attached hydrogens (tertiary/aromatic N) is 3. The van der Waals surface area contributed by atoms with Crippen LogP contribution in [0.25, 0.3) is 0 Å². The lowest BCUT2D eigenvalue weighted by molar-refractivity contribution is 0.254. The molecule has 0 saturated carbocycles. The minimum absolute atomic E-state index is 0.706. The molecule has 0 spiro atoms. The summed E-state index contributed by atoms with van der Waals surface area (Å²) in [5.74, 6) is 2.07. The molecule has 0 radical (unpaired) electrons. The number of rotatable bonds is 2. The van der Waals surface area contributed by atoms with Crippen LogP contribution in [0.4, 0.5) is 11.6 Å². The van der Waals surface area contributed by atoms with E-state index in [2.05, 4.69) is 39.3 Å². The molecule has 2 aliphatic rings. The summed E-state index contributed by atoms with van der Waals surface area (Å²) in [5.41, 5.74) is 0. The van der Waals surface area contributed by atoms with Crippen LogP contribution in [0, 0.1) is 0 Å². The van der Waals surface area contributed by atoms with Crippen molar-refractivity contribution in [1.82, 2.24) is 9.88 Å². The number of nitrogens with one attached hydrogen (secondary N) is 1. The van der Waals surface area contributed by atoms with Crippen LogP contribution < -0.4 is 10.2 Å². The maximum atomic E-state index is 4.66. The first-order chi connectivity index (χ1) is 8.78. The molecule has 0 aromatic carbocycles. The highest BCUT2D eigenvalue weighted by atomic mass is 15.3. The molecule has 1 aromatic rings. The van der Waals surface area contributed by atoms with Gasteiger partial charge in [0.1, 0.15) is 11.6 Å². The van der Waals surface area contributed by atoms with Crippen molar-refractivity contribution in [3.8, 4) is 0 Å². The minimum Gasteiger partial charge on any atom is -0.373 e. The van der Waals surface area contributed by atoms with E-state index in [4.69, 9.17) is 0 Å². The van der Waals surface area contributed by atoms with Crippen LogP contribution in [0.5, 0.6) is 0 Å². The van der Waals surface area contributed by atoms with Gasteiger partial charge in [0.25, 0.3) is 0 Å². The van der Waals surface area contributed by atoms with Crippen molar-refractivity contribution in [3.63, 3.8) is 0 Å². The van der Waals surface area contributed by atoms with E-state index in [0.29, 0.717) is 6.04 Å². The monoisotopic (exact) mass is 246 g/mol. The van der Waals surface area contributed by atoms with Crippen LogP contribution >= 0.6 is 0 Å². The summed E-state index contributed by atoms with van der Waals surface area (Å²) in [7, 11) is 4.20. The molecule has 2 fully saturated rings. The van der Waals surface area contributed by atoms with Gasteiger partial charge in [-0.05, 0) is 38.4 Å².